The van der Waals surface area contributed by atoms with Crippen molar-refractivity contribution in [2.45, 2.75) is 6.92 Å². The fourth-order valence-corrected chi connectivity index (χ4v) is 2.91. The highest BCUT2D eigenvalue weighted by molar-refractivity contribution is 9.11. The number of hydrogen-bond acceptors (Lipinski definition) is 5. The van der Waals surface area contributed by atoms with E-state index in [0.29, 0.717) is 0 Å². The van der Waals surface area contributed by atoms with Crippen LogP contribution in [0.15, 0.2) is 35.7 Å². The third-order valence-electron chi connectivity index (χ3n) is 3.69. The highest BCUT2D eigenvalue weighted by Crippen LogP contribution is 2.16. The molecule has 1 aliphatic heterocycles. The molecular formula is C15H19BrN6. The second-order valence-electron chi connectivity index (χ2n) is 5.42. The standard InChI is InChI=1S/C15H19BrN6/c1-12(16)10-20-5-7-21(8-6-20)14-9-15(18-11-17-14)22-4-3-13(2)19-22/h3-4,9,11H,1,5-8,10H2,2H3. The molecule has 1 aliphatic rings. The molecule has 0 saturated carbocycles. The smallest absolute Gasteiger partial charge is 0.158 e. The molecule has 3 heterocycles. The van der Waals surface area contributed by atoms with Gasteiger partial charge < -0.3 is 4.90 Å². The van der Waals surface area contributed by atoms with Gasteiger partial charge in [-0.3, -0.25) is 4.90 Å². The largest absolute Gasteiger partial charge is 0.354 e. The summed E-state index contributed by atoms with van der Waals surface area (Å²) in [5.41, 5.74) is 0.976. The molecule has 22 heavy (non-hydrogen) atoms. The minimum absolute atomic E-state index is 0.800. The second-order valence-corrected chi connectivity index (χ2v) is 6.54. The quantitative estimate of drug-likeness (QED) is 0.832. The average Bonchev–Trinajstić information content (AvgIpc) is 2.94. The SMILES string of the molecule is C=C(Br)CN1CCN(c2cc(-n3ccc(C)n3)ncn2)CC1. The Morgan fingerprint density at radius 3 is 2.59 bits per heavy atom. The molecule has 0 aromatic carbocycles. The van der Waals surface area contributed by atoms with Gasteiger partial charge in [-0.1, -0.05) is 22.5 Å². The van der Waals surface area contributed by atoms with Crippen LogP contribution in [0.1, 0.15) is 5.69 Å². The van der Waals surface area contributed by atoms with Crippen LogP contribution in [0.2, 0.25) is 0 Å². The lowest BCUT2D eigenvalue weighted by atomic mass is 10.3. The molecule has 0 radical (unpaired) electrons. The van der Waals surface area contributed by atoms with E-state index in [9.17, 15) is 0 Å². The van der Waals surface area contributed by atoms with Crippen molar-refractivity contribution in [2.75, 3.05) is 37.6 Å². The Kier molecular flexibility index (Phi) is 4.54. The number of piperazine rings is 1. The zero-order valence-electron chi connectivity index (χ0n) is 12.6. The summed E-state index contributed by atoms with van der Waals surface area (Å²) in [6, 6.07) is 3.96. The number of hydrogen-bond donors (Lipinski definition) is 0. The predicted octanol–water partition coefficient (Wildman–Crippen LogP) is 2.00. The first-order chi connectivity index (χ1) is 10.6. The third kappa shape index (κ3) is 3.53. The number of nitrogens with zero attached hydrogens (tertiary/aromatic N) is 6. The molecule has 2 aromatic heterocycles. The zero-order valence-corrected chi connectivity index (χ0v) is 14.2. The van der Waals surface area contributed by atoms with E-state index in [1.54, 1.807) is 11.0 Å². The number of rotatable bonds is 4. The van der Waals surface area contributed by atoms with Crippen molar-refractivity contribution in [3.63, 3.8) is 0 Å². The summed E-state index contributed by atoms with van der Waals surface area (Å²) < 4.78 is 2.81. The fraction of sp³-hybridized carbons (Fsp3) is 0.400. The number of aryl methyl sites for hydroxylation is 1. The summed E-state index contributed by atoms with van der Waals surface area (Å²) in [7, 11) is 0. The van der Waals surface area contributed by atoms with Gasteiger partial charge in [-0.05, 0) is 13.0 Å². The van der Waals surface area contributed by atoms with Gasteiger partial charge in [0, 0.05) is 49.5 Å². The lowest BCUT2D eigenvalue weighted by molar-refractivity contribution is 0.282. The van der Waals surface area contributed by atoms with Crippen molar-refractivity contribution in [2.24, 2.45) is 0 Å². The molecule has 1 fully saturated rings. The molecule has 6 nitrogen and oxygen atoms in total. The van der Waals surface area contributed by atoms with Gasteiger partial charge in [0.2, 0.25) is 0 Å². The summed E-state index contributed by atoms with van der Waals surface area (Å²) in [5, 5.41) is 4.40. The molecule has 0 aliphatic carbocycles. The lowest BCUT2D eigenvalue weighted by Crippen LogP contribution is -2.47. The summed E-state index contributed by atoms with van der Waals surface area (Å²) in [6.45, 7) is 10.7. The van der Waals surface area contributed by atoms with Gasteiger partial charge in [0.15, 0.2) is 5.82 Å². The molecule has 1 saturated heterocycles. The van der Waals surface area contributed by atoms with E-state index in [1.165, 1.54) is 0 Å². The van der Waals surface area contributed by atoms with Gasteiger partial charge in [0.05, 0.1) is 5.69 Å². The topological polar surface area (TPSA) is 50.1 Å². The molecule has 116 valence electrons. The van der Waals surface area contributed by atoms with E-state index in [-0.39, 0.29) is 0 Å². The van der Waals surface area contributed by atoms with E-state index in [4.69, 9.17) is 0 Å². The number of aromatic nitrogens is 4. The van der Waals surface area contributed by atoms with Crippen LogP contribution >= 0.6 is 15.9 Å². The van der Waals surface area contributed by atoms with Crippen LogP contribution in [-0.2, 0) is 0 Å². The van der Waals surface area contributed by atoms with Crippen LogP contribution < -0.4 is 4.90 Å². The van der Waals surface area contributed by atoms with Crippen molar-refractivity contribution >= 4 is 21.7 Å². The van der Waals surface area contributed by atoms with E-state index in [0.717, 1.165) is 54.5 Å². The van der Waals surface area contributed by atoms with E-state index in [1.807, 2.05) is 25.3 Å². The first kappa shape index (κ1) is 15.2. The minimum Gasteiger partial charge on any atom is -0.354 e. The molecule has 0 atom stereocenters. The maximum Gasteiger partial charge on any atom is 0.158 e. The second kappa shape index (κ2) is 6.58. The molecule has 2 aromatic rings. The van der Waals surface area contributed by atoms with Crippen molar-refractivity contribution in [3.05, 3.63) is 41.4 Å². The van der Waals surface area contributed by atoms with Crippen LogP contribution in [0.3, 0.4) is 0 Å². The fourth-order valence-electron chi connectivity index (χ4n) is 2.56. The lowest BCUT2D eigenvalue weighted by Gasteiger charge is -2.35. The molecule has 7 heteroatoms. The van der Waals surface area contributed by atoms with Crippen LogP contribution in [0.25, 0.3) is 5.82 Å². The molecule has 3 rings (SSSR count). The van der Waals surface area contributed by atoms with Crippen molar-refractivity contribution in [1.29, 1.82) is 0 Å². The molecule has 0 amide bonds. The molecule has 0 spiro atoms. The highest BCUT2D eigenvalue weighted by atomic mass is 79.9. The van der Waals surface area contributed by atoms with Gasteiger partial charge in [-0.2, -0.15) is 5.10 Å². The zero-order chi connectivity index (χ0) is 15.5. The van der Waals surface area contributed by atoms with Crippen LogP contribution in [0, 0.1) is 6.92 Å². The highest BCUT2D eigenvalue weighted by Gasteiger charge is 2.18. The normalized spacial score (nSPS) is 16.0. The van der Waals surface area contributed by atoms with Crippen molar-refractivity contribution in [1.82, 2.24) is 24.6 Å². The molecule has 0 unspecified atom stereocenters. The number of halogens is 1. The first-order valence-corrected chi connectivity index (χ1v) is 8.06. The summed E-state index contributed by atoms with van der Waals surface area (Å²) >= 11 is 3.43. The Balaban J connectivity index is 1.70. The first-order valence-electron chi connectivity index (χ1n) is 7.27. The van der Waals surface area contributed by atoms with Crippen LogP contribution in [0.5, 0.6) is 0 Å². The van der Waals surface area contributed by atoms with E-state index >= 15 is 0 Å². The van der Waals surface area contributed by atoms with Gasteiger partial charge in [-0.25, -0.2) is 14.6 Å². The Morgan fingerprint density at radius 1 is 1.23 bits per heavy atom. The van der Waals surface area contributed by atoms with Crippen molar-refractivity contribution in [3.8, 4) is 5.82 Å². The monoisotopic (exact) mass is 362 g/mol. The molecule has 0 N–H and O–H groups in total. The van der Waals surface area contributed by atoms with Crippen LogP contribution in [-0.4, -0.2) is 57.4 Å². The number of anilines is 1. The summed E-state index contributed by atoms with van der Waals surface area (Å²) in [4.78, 5) is 13.4. The van der Waals surface area contributed by atoms with Gasteiger partial charge in [-0.15, -0.1) is 0 Å². The summed E-state index contributed by atoms with van der Waals surface area (Å²) in [5.74, 6) is 1.75. The minimum atomic E-state index is 0.800. The van der Waals surface area contributed by atoms with Gasteiger partial charge in [0.1, 0.15) is 12.1 Å². The van der Waals surface area contributed by atoms with Gasteiger partial charge in [0.25, 0.3) is 0 Å². The maximum absolute atomic E-state index is 4.41. The van der Waals surface area contributed by atoms with E-state index in [2.05, 4.69) is 47.4 Å². The predicted molar refractivity (Wildman–Crippen MR) is 90.6 cm³/mol. The average molecular weight is 363 g/mol. The Morgan fingerprint density at radius 2 is 1.95 bits per heavy atom. The van der Waals surface area contributed by atoms with Crippen LogP contribution in [0.4, 0.5) is 5.82 Å². The Labute approximate surface area is 138 Å². The maximum atomic E-state index is 4.41. The molecule has 0 bridgehead atoms. The Bertz CT molecular complexity index is 660. The Hall–Kier alpha value is -1.73. The third-order valence-corrected chi connectivity index (χ3v) is 3.94. The van der Waals surface area contributed by atoms with Gasteiger partial charge >= 0.3 is 0 Å². The van der Waals surface area contributed by atoms with Crippen molar-refractivity contribution < 1.29 is 0 Å². The molecular weight excluding hydrogens is 344 g/mol. The van der Waals surface area contributed by atoms with E-state index < -0.39 is 0 Å². The summed E-state index contributed by atoms with van der Waals surface area (Å²) in [6.07, 6.45) is 3.52.